The van der Waals surface area contributed by atoms with E-state index in [2.05, 4.69) is 53.0 Å². The van der Waals surface area contributed by atoms with Gasteiger partial charge in [-0.2, -0.15) is 0 Å². The Labute approximate surface area is 95.8 Å². The molecule has 15 heavy (non-hydrogen) atoms. The third kappa shape index (κ3) is 6.33. The summed E-state index contributed by atoms with van der Waals surface area (Å²) >= 11 is 0. The zero-order valence-corrected chi connectivity index (χ0v) is 10.8. The lowest BCUT2D eigenvalue weighted by Gasteiger charge is -2.11. The Bertz CT molecular complexity index is 230. The molecule has 1 unspecified atom stereocenters. The Hall–Kier alpha value is -0.780. The molecule has 0 heteroatoms. The molecule has 0 spiro atoms. The van der Waals surface area contributed by atoms with Crippen molar-refractivity contribution in [3.63, 3.8) is 0 Å². The van der Waals surface area contributed by atoms with Crippen LogP contribution in [0.15, 0.2) is 36.5 Å². The first-order valence-electron chi connectivity index (χ1n) is 6.04. The minimum absolute atomic E-state index is 0.528. The molecular formula is C15H26. The van der Waals surface area contributed by atoms with Crippen LogP contribution in [-0.4, -0.2) is 0 Å². The number of unbranched alkanes of at least 4 members (excludes halogenated alkanes) is 1. The molecule has 0 bridgehead atoms. The van der Waals surface area contributed by atoms with E-state index in [1.807, 2.05) is 0 Å². The van der Waals surface area contributed by atoms with Gasteiger partial charge in [0.05, 0.1) is 0 Å². The van der Waals surface area contributed by atoms with Crippen molar-refractivity contribution in [2.45, 2.75) is 47.0 Å². The van der Waals surface area contributed by atoms with Crippen LogP contribution in [0.3, 0.4) is 0 Å². The Morgan fingerprint density at radius 2 is 1.60 bits per heavy atom. The SMILES string of the molecule is C=C(/C=C\C(=C)C(C)CCCC)C(C)C. The van der Waals surface area contributed by atoms with Crippen LogP contribution in [0, 0.1) is 11.8 Å². The minimum Gasteiger partial charge on any atom is -0.0956 e. The van der Waals surface area contributed by atoms with Gasteiger partial charge in [0.2, 0.25) is 0 Å². The summed E-state index contributed by atoms with van der Waals surface area (Å²) in [5.41, 5.74) is 2.41. The largest absolute Gasteiger partial charge is 0.0956 e. The molecule has 0 aliphatic rings. The third-order valence-corrected chi connectivity index (χ3v) is 2.88. The zero-order valence-electron chi connectivity index (χ0n) is 10.8. The lowest BCUT2D eigenvalue weighted by atomic mass is 9.95. The highest BCUT2D eigenvalue weighted by atomic mass is 14.1. The maximum absolute atomic E-state index is 4.11. The van der Waals surface area contributed by atoms with Crippen LogP contribution in [0.5, 0.6) is 0 Å². The van der Waals surface area contributed by atoms with Gasteiger partial charge >= 0.3 is 0 Å². The summed E-state index contributed by atoms with van der Waals surface area (Å²) in [6.07, 6.45) is 8.03. The second-order valence-electron chi connectivity index (χ2n) is 4.68. The van der Waals surface area contributed by atoms with E-state index in [0.717, 1.165) is 0 Å². The average molecular weight is 206 g/mol. The van der Waals surface area contributed by atoms with Gasteiger partial charge in [0.1, 0.15) is 0 Å². The average Bonchev–Trinajstić information content (AvgIpc) is 2.21. The third-order valence-electron chi connectivity index (χ3n) is 2.88. The lowest BCUT2D eigenvalue weighted by Crippen LogP contribution is -1.96. The van der Waals surface area contributed by atoms with E-state index in [0.29, 0.717) is 11.8 Å². The summed E-state index contributed by atoms with van der Waals surface area (Å²) in [6.45, 7) is 16.9. The van der Waals surface area contributed by atoms with Gasteiger partial charge in [0.25, 0.3) is 0 Å². The molecule has 0 rings (SSSR count). The van der Waals surface area contributed by atoms with E-state index < -0.39 is 0 Å². The maximum atomic E-state index is 4.11. The van der Waals surface area contributed by atoms with Crippen molar-refractivity contribution in [1.29, 1.82) is 0 Å². The molecule has 0 saturated heterocycles. The summed E-state index contributed by atoms with van der Waals surface area (Å²) in [5, 5.41) is 0. The Kier molecular flexibility index (Phi) is 7.11. The fraction of sp³-hybridized carbons (Fsp3) is 0.600. The number of rotatable bonds is 7. The van der Waals surface area contributed by atoms with Gasteiger partial charge in [0, 0.05) is 0 Å². The monoisotopic (exact) mass is 206 g/mol. The van der Waals surface area contributed by atoms with Crippen LogP contribution in [0.2, 0.25) is 0 Å². The lowest BCUT2D eigenvalue weighted by molar-refractivity contribution is 0.582. The smallest absolute Gasteiger partial charge is 0.0196 e. The van der Waals surface area contributed by atoms with Gasteiger partial charge in [-0.05, 0) is 18.3 Å². The molecule has 0 aromatic carbocycles. The summed E-state index contributed by atoms with van der Waals surface area (Å²) < 4.78 is 0. The fourth-order valence-electron chi connectivity index (χ4n) is 1.27. The highest BCUT2D eigenvalue weighted by Gasteiger charge is 2.03. The Morgan fingerprint density at radius 1 is 1.07 bits per heavy atom. The summed E-state index contributed by atoms with van der Waals surface area (Å²) in [5.74, 6) is 1.13. The van der Waals surface area contributed by atoms with Crippen LogP contribution in [-0.2, 0) is 0 Å². The summed E-state index contributed by atoms with van der Waals surface area (Å²) in [6, 6.07) is 0. The number of hydrogen-bond donors (Lipinski definition) is 0. The summed E-state index contributed by atoms with van der Waals surface area (Å²) in [4.78, 5) is 0. The topological polar surface area (TPSA) is 0 Å². The van der Waals surface area contributed by atoms with Crippen molar-refractivity contribution in [3.8, 4) is 0 Å². The molecule has 0 aromatic rings. The summed E-state index contributed by atoms with van der Waals surface area (Å²) in [7, 11) is 0. The fourth-order valence-corrected chi connectivity index (χ4v) is 1.27. The standard InChI is InChI=1S/C15H26/c1-7-8-9-14(5)15(6)11-10-13(4)12(2)3/h10-12,14H,4,6-9H2,1-3,5H3/b11-10-. The molecule has 1 atom stereocenters. The van der Waals surface area contributed by atoms with E-state index in [-0.39, 0.29) is 0 Å². The van der Waals surface area contributed by atoms with E-state index >= 15 is 0 Å². The van der Waals surface area contributed by atoms with Crippen molar-refractivity contribution >= 4 is 0 Å². The van der Waals surface area contributed by atoms with Crippen LogP contribution in [0.1, 0.15) is 47.0 Å². The number of allylic oxidation sites excluding steroid dienone is 4. The van der Waals surface area contributed by atoms with Crippen LogP contribution in [0.4, 0.5) is 0 Å². The first-order valence-corrected chi connectivity index (χ1v) is 6.04. The van der Waals surface area contributed by atoms with E-state index in [4.69, 9.17) is 0 Å². The Balaban J connectivity index is 4.06. The van der Waals surface area contributed by atoms with Crippen molar-refractivity contribution in [2.24, 2.45) is 11.8 Å². The van der Waals surface area contributed by atoms with Gasteiger partial charge in [-0.1, -0.05) is 77.0 Å². The first-order chi connectivity index (χ1) is 6.99. The van der Waals surface area contributed by atoms with Crippen molar-refractivity contribution < 1.29 is 0 Å². The van der Waals surface area contributed by atoms with Crippen LogP contribution in [0.25, 0.3) is 0 Å². The predicted molar refractivity (Wildman–Crippen MR) is 70.9 cm³/mol. The van der Waals surface area contributed by atoms with Gasteiger partial charge in [-0.15, -0.1) is 0 Å². The first kappa shape index (κ1) is 14.2. The molecule has 0 heterocycles. The Morgan fingerprint density at radius 3 is 2.07 bits per heavy atom. The molecule has 0 radical (unpaired) electrons. The normalized spacial score (nSPS) is 13.4. The van der Waals surface area contributed by atoms with E-state index in [9.17, 15) is 0 Å². The molecule has 86 valence electrons. The molecule has 0 fully saturated rings. The second kappa shape index (κ2) is 7.50. The highest BCUT2D eigenvalue weighted by Crippen LogP contribution is 2.18. The molecule has 0 nitrogen and oxygen atoms in total. The van der Waals surface area contributed by atoms with Gasteiger partial charge in [0.15, 0.2) is 0 Å². The zero-order chi connectivity index (χ0) is 11.8. The van der Waals surface area contributed by atoms with Crippen LogP contribution >= 0.6 is 0 Å². The molecular weight excluding hydrogens is 180 g/mol. The highest BCUT2D eigenvalue weighted by molar-refractivity contribution is 5.26. The molecule has 0 saturated carbocycles. The minimum atomic E-state index is 0.528. The molecule has 0 N–H and O–H groups in total. The van der Waals surface area contributed by atoms with Crippen molar-refractivity contribution in [3.05, 3.63) is 36.5 Å². The van der Waals surface area contributed by atoms with Crippen molar-refractivity contribution in [2.75, 3.05) is 0 Å². The maximum Gasteiger partial charge on any atom is -0.0196 e. The second-order valence-corrected chi connectivity index (χ2v) is 4.68. The quantitative estimate of drug-likeness (QED) is 0.506. The molecule has 0 aliphatic carbocycles. The van der Waals surface area contributed by atoms with Crippen LogP contribution < -0.4 is 0 Å². The molecule has 0 aromatic heterocycles. The predicted octanol–water partition coefficient (Wildman–Crippen LogP) is 5.14. The van der Waals surface area contributed by atoms with Gasteiger partial charge in [-0.3, -0.25) is 0 Å². The van der Waals surface area contributed by atoms with E-state index in [1.165, 1.54) is 30.4 Å². The van der Waals surface area contributed by atoms with Crippen molar-refractivity contribution in [1.82, 2.24) is 0 Å². The van der Waals surface area contributed by atoms with Gasteiger partial charge < -0.3 is 0 Å². The number of hydrogen-bond acceptors (Lipinski definition) is 0. The van der Waals surface area contributed by atoms with Gasteiger partial charge in [-0.25, -0.2) is 0 Å². The molecule has 0 amide bonds. The molecule has 0 aliphatic heterocycles. The van der Waals surface area contributed by atoms with E-state index in [1.54, 1.807) is 0 Å².